The molecule has 0 saturated carbocycles. The van der Waals surface area contributed by atoms with Crippen LogP contribution in [0.25, 0.3) is 0 Å². The van der Waals surface area contributed by atoms with Gasteiger partial charge in [-0.3, -0.25) is 18.8 Å². The second kappa shape index (κ2) is 8.36. The van der Waals surface area contributed by atoms with Crippen molar-refractivity contribution in [1.29, 1.82) is 5.26 Å². The summed E-state index contributed by atoms with van der Waals surface area (Å²) in [5, 5.41) is 12.5. The Morgan fingerprint density at radius 2 is 1.83 bits per heavy atom. The van der Waals surface area contributed by atoms with E-state index in [2.05, 4.69) is 10.2 Å². The Bertz CT molecular complexity index is 1090. The van der Waals surface area contributed by atoms with Gasteiger partial charge in [-0.2, -0.15) is 18.4 Å². The van der Waals surface area contributed by atoms with Gasteiger partial charge < -0.3 is 5.32 Å². The number of nitriles is 1. The normalized spacial score (nSPS) is 15.7. The van der Waals surface area contributed by atoms with E-state index in [1.165, 1.54) is 30.8 Å². The van der Waals surface area contributed by atoms with Crippen molar-refractivity contribution in [2.45, 2.75) is 31.6 Å². The number of aromatic nitrogens is 2. The minimum absolute atomic E-state index is 0.0624. The number of hydrogen-bond donors (Lipinski definition) is 1. The van der Waals surface area contributed by atoms with Crippen molar-refractivity contribution >= 4 is 5.82 Å². The first-order chi connectivity index (χ1) is 14.1. The number of rotatable bonds is 4. The molecule has 1 N–H and O–H groups in total. The maximum absolute atomic E-state index is 12.9. The molecule has 30 heavy (non-hydrogen) atoms. The number of anilines is 1. The molecule has 0 aliphatic carbocycles. The molecule has 0 radical (unpaired) electrons. The van der Waals surface area contributed by atoms with Gasteiger partial charge in [-0.1, -0.05) is 18.2 Å². The molecule has 0 bridgehead atoms. The number of benzene rings is 1. The van der Waals surface area contributed by atoms with Gasteiger partial charge in [0.25, 0.3) is 5.56 Å². The molecule has 0 spiro atoms. The van der Waals surface area contributed by atoms with Crippen molar-refractivity contribution < 1.29 is 13.2 Å². The molecule has 7 nitrogen and oxygen atoms in total. The molecule has 1 aromatic carbocycles. The summed E-state index contributed by atoms with van der Waals surface area (Å²) < 4.78 is 40.8. The Morgan fingerprint density at radius 1 is 1.17 bits per heavy atom. The van der Waals surface area contributed by atoms with Crippen molar-refractivity contribution in [1.82, 2.24) is 14.0 Å². The second-order valence-electron chi connectivity index (χ2n) is 7.43. The number of piperidine rings is 1. The maximum atomic E-state index is 12.9. The molecule has 3 rings (SSSR count). The summed E-state index contributed by atoms with van der Waals surface area (Å²) in [6.45, 7) is 1.67. The fourth-order valence-electron chi connectivity index (χ4n) is 3.65. The fraction of sp³-hybridized carbons (Fsp3) is 0.450. The van der Waals surface area contributed by atoms with Crippen LogP contribution in [0.1, 0.15) is 29.5 Å². The predicted molar refractivity (Wildman–Crippen MR) is 105 cm³/mol. The minimum Gasteiger partial charge on any atom is -0.367 e. The Morgan fingerprint density at radius 3 is 2.43 bits per heavy atom. The molecular weight excluding hydrogens is 399 g/mol. The zero-order chi connectivity index (χ0) is 22.1. The molecular formula is C20H22F3N5O2. The highest BCUT2D eigenvalue weighted by Gasteiger charge is 2.30. The molecule has 1 saturated heterocycles. The van der Waals surface area contributed by atoms with Gasteiger partial charge in [0, 0.05) is 39.8 Å². The maximum Gasteiger partial charge on any atom is 0.416 e. The van der Waals surface area contributed by atoms with Crippen LogP contribution in [-0.2, 0) is 26.8 Å². The summed E-state index contributed by atoms with van der Waals surface area (Å²) in [5.74, 6) is 0.196. The molecule has 1 aliphatic rings. The predicted octanol–water partition coefficient (Wildman–Crippen LogP) is 2.05. The summed E-state index contributed by atoms with van der Waals surface area (Å²) >= 11 is 0. The lowest BCUT2D eigenvalue weighted by Gasteiger charge is -2.33. The van der Waals surface area contributed by atoms with Gasteiger partial charge >= 0.3 is 11.9 Å². The van der Waals surface area contributed by atoms with Gasteiger partial charge in [0.15, 0.2) is 5.56 Å². The van der Waals surface area contributed by atoms with Crippen LogP contribution < -0.4 is 16.6 Å². The Labute approximate surface area is 171 Å². The van der Waals surface area contributed by atoms with E-state index in [9.17, 15) is 28.0 Å². The molecule has 1 aromatic heterocycles. The summed E-state index contributed by atoms with van der Waals surface area (Å²) in [6.07, 6.45) is -3.05. The zero-order valence-electron chi connectivity index (χ0n) is 16.7. The van der Waals surface area contributed by atoms with Crippen LogP contribution in [0.2, 0.25) is 0 Å². The summed E-state index contributed by atoms with van der Waals surface area (Å²) in [5.41, 5.74) is -1.36. The largest absolute Gasteiger partial charge is 0.416 e. The van der Waals surface area contributed by atoms with E-state index >= 15 is 0 Å². The van der Waals surface area contributed by atoms with Crippen LogP contribution >= 0.6 is 0 Å². The number of hydrogen-bond acceptors (Lipinski definition) is 5. The van der Waals surface area contributed by atoms with Crippen LogP contribution in [0.4, 0.5) is 19.0 Å². The van der Waals surface area contributed by atoms with Crippen molar-refractivity contribution in [3.8, 4) is 6.07 Å². The van der Waals surface area contributed by atoms with Crippen LogP contribution in [0.3, 0.4) is 0 Å². The fourth-order valence-corrected chi connectivity index (χ4v) is 3.65. The molecule has 0 amide bonds. The van der Waals surface area contributed by atoms with E-state index in [0.717, 1.165) is 10.6 Å². The van der Waals surface area contributed by atoms with Crippen molar-refractivity contribution in [2.24, 2.45) is 14.1 Å². The molecule has 2 aromatic rings. The topological polar surface area (TPSA) is 83.1 Å². The Kier molecular flexibility index (Phi) is 6.03. The third-order valence-electron chi connectivity index (χ3n) is 5.37. The van der Waals surface area contributed by atoms with Gasteiger partial charge in [-0.05, 0) is 24.5 Å². The molecule has 1 fully saturated rings. The average Bonchev–Trinajstić information content (AvgIpc) is 2.71. The van der Waals surface area contributed by atoms with E-state index in [4.69, 9.17) is 0 Å². The van der Waals surface area contributed by atoms with E-state index < -0.39 is 23.0 Å². The first kappa shape index (κ1) is 21.6. The van der Waals surface area contributed by atoms with Crippen LogP contribution in [0.5, 0.6) is 0 Å². The van der Waals surface area contributed by atoms with Crippen LogP contribution in [0, 0.1) is 11.3 Å². The molecule has 10 heteroatoms. The summed E-state index contributed by atoms with van der Waals surface area (Å²) in [6, 6.07) is 7.11. The smallest absolute Gasteiger partial charge is 0.367 e. The first-order valence-electron chi connectivity index (χ1n) is 9.47. The molecule has 0 atom stereocenters. The third-order valence-corrected chi connectivity index (χ3v) is 5.37. The standard InChI is InChI=1S/C20H22F3N5O2/c1-26-17(16(11-24)18(29)27(2)19(26)30)25-15-6-8-28(9-7-15)12-13-4-3-5-14(10-13)20(21,22)23/h3-5,10,15,25H,6-9,12H2,1-2H3. The molecule has 160 valence electrons. The lowest BCUT2D eigenvalue weighted by atomic mass is 10.0. The van der Waals surface area contributed by atoms with Crippen LogP contribution in [-0.4, -0.2) is 33.2 Å². The number of halogens is 3. The second-order valence-corrected chi connectivity index (χ2v) is 7.43. The van der Waals surface area contributed by atoms with E-state index in [-0.39, 0.29) is 17.4 Å². The van der Waals surface area contributed by atoms with Gasteiger partial charge in [-0.25, -0.2) is 4.79 Å². The monoisotopic (exact) mass is 421 g/mol. The highest BCUT2D eigenvalue weighted by Crippen LogP contribution is 2.30. The quantitative estimate of drug-likeness (QED) is 0.817. The van der Waals surface area contributed by atoms with E-state index in [0.29, 0.717) is 38.0 Å². The summed E-state index contributed by atoms with van der Waals surface area (Å²) in [4.78, 5) is 26.4. The summed E-state index contributed by atoms with van der Waals surface area (Å²) in [7, 11) is 2.81. The van der Waals surface area contributed by atoms with Gasteiger partial charge in [-0.15, -0.1) is 0 Å². The van der Waals surface area contributed by atoms with Crippen molar-refractivity contribution in [3.63, 3.8) is 0 Å². The number of alkyl halides is 3. The van der Waals surface area contributed by atoms with Crippen molar-refractivity contribution in [3.05, 3.63) is 61.8 Å². The van der Waals surface area contributed by atoms with Gasteiger partial charge in [0.1, 0.15) is 11.9 Å². The number of likely N-dealkylation sites (tertiary alicyclic amines) is 1. The van der Waals surface area contributed by atoms with E-state index in [1.807, 2.05) is 6.07 Å². The Hall–Kier alpha value is -3.06. The molecule has 0 unspecified atom stereocenters. The zero-order valence-corrected chi connectivity index (χ0v) is 16.7. The van der Waals surface area contributed by atoms with Gasteiger partial charge in [0.05, 0.1) is 5.56 Å². The lowest BCUT2D eigenvalue weighted by Crippen LogP contribution is -2.43. The Balaban J connectivity index is 1.67. The third kappa shape index (κ3) is 4.41. The van der Waals surface area contributed by atoms with Crippen molar-refractivity contribution in [2.75, 3.05) is 18.4 Å². The van der Waals surface area contributed by atoms with Gasteiger partial charge in [0.2, 0.25) is 0 Å². The number of nitrogens with one attached hydrogen (secondary N) is 1. The molecule has 1 aliphatic heterocycles. The average molecular weight is 421 g/mol. The minimum atomic E-state index is -4.37. The number of nitrogens with zero attached hydrogens (tertiary/aromatic N) is 4. The molecule has 2 heterocycles. The highest BCUT2D eigenvalue weighted by atomic mass is 19.4. The lowest BCUT2D eigenvalue weighted by molar-refractivity contribution is -0.137. The first-order valence-corrected chi connectivity index (χ1v) is 9.47. The van der Waals surface area contributed by atoms with Crippen LogP contribution in [0.15, 0.2) is 33.9 Å². The highest BCUT2D eigenvalue weighted by molar-refractivity contribution is 5.51. The van der Waals surface area contributed by atoms with E-state index in [1.54, 1.807) is 6.07 Å². The SMILES string of the molecule is Cn1c(NC2CCN(Cc3cccc(C(F)(F)F)c3)CC2)c(C#N)c(=O)n(C)c1=O.